The zero-order valence-electron chi connectivity index (χ0n) is 14.0. The lowest BCUT2D eigenvalue weighted by Gasteiger charge is -2.05. The smallest absolute Gasteiger partial charge is 0.224 e. The van der Waals surface area contributed by atoms with Crippen LogP contribution < -0.4 is 5.32 Å². The molecule has 0 saturated heterocycles. The first-order valence-corrected chi connectivity index (χ1v) is 8.37. The fourth-order valence-electron chi connectivity index (χ4n) is 3.10. The second-order valence-corrected chi connectivity index (χ2v) is 6.17. The predicted molar refractivity (Wildman–Crippen MR) is 97.5 cm³/mol. The van der Waals surface area contributed by atoms with Gasteiger partial charge in [0, 0.05) is 30.6 Å². The minimum absolute atomic E-state index is 0.0307. The van der Waals surface area contributed by atoms with Crippen molar-refractivity contribution >= 4 is 27.9 Å². The Morgan fingerprint density at radius 3 is 3.04 bits per heavy atom. The van der Waals surface area contributed by atoms with Crippen molar-refractivity contribution in [2.75, 3.05) is 6.54 Å². The summed E-state index contributed by atoms with van der Waals surface area (Å²) in [5.74, 6) is 0.697. The van der Waals surface area contributed by atoms with Crippen LogP contribution in [0.2, 0.25) is 0 Å². The van der Waals surface area contributed by atoms with E-state index in [0.29, 0.717) is 18.9 Å². The first-order chi connectivity index (χ1) is 12.2. The number of aromatic amines is 1. The molecule has 5 heteroatoms. The van der Waals surface area contributed by atoms with Crippen LogP contribution in [0.3, 0.4) is 0 Å². The van der Waals surface area contributed by atoms with Crippen molar-refractivity contribution in [1.82, 2.24) is 15.3 Å². The highest BCUT2D eigenvalue weighted by Crippen LogP contribution is 2.18. The number of nitrogens with one attached hydrogen (secondary N) is 2. The summed E-state index contributed by atoms with van der Waals surface area (Å²) in [7, 11) is 0. The second kappa shape index (κ2) is 6.43. The molecule has 0 saturated carbocycles. The van der Waals surface area contributed by atoms with Crippen molar-refractivity contribution in [2.45, 2.75) is 19.8 Å². The summed E-state index contributed by atoms with van der Waals surface area (Å²) in [5.41, 5.74) is 4.87. The van der Waals surface area contributed by atoms with E-state index in [0.717, 1.165) is 39.6 Å². The van der Waals surface area contributed by atoms with Crippen LogP contribution in [0.4, 0.5) is 0 Å². The first kappa shape index (κ1) is 15.4. The minimum atomic E-state index is 0.0307. The maximum Gasteiger partial charge on any atom is 0.224 e. The minimum Gasteiger partial charge on any atom is -0.441 e. The first-order valence-electron chi connectivity index (χ1n) is 8.37. The van der Waals surface area contributed by atoms with Gasteiger partial charge in [0.2, 0.25) is 5.91 Å². The number of hydrogen-bond acceptors (Lipinski definition) is 3. The van der Waals surface area contributed by atoms with Crippen LogP contribution in [0.25, 0.3) is 22.0 Å². The van der Waals surface area contributed by atoms with Crippen molar-refractivity contribution in [1.29, 1.82) is 0 Å². The van der Waals surface area contributed by atoms with E-state index in [9.17, 15) is 4.79 Å². The molecule has 0 aliphatic rings. The maximum absolute atomic E-state index is 12.2. The molecular formula is C20H19N3O2. The van der Waals surface area contributed by atoms with Crippen molar-refractivity contribution in [3.8, 4) is 0 Å². The number of aryl methyl sites for hydroxylation is 1. The highest BCUT2D eigenvalue weighted by molar-refractivity contribution is 5.88. The van der Waals surface area contributed by atoms with Crippen LogP contribution in [-0.2, 0) is 17.6 Å². The number of H-pyrrole nitrogens is 1. The van der Waals surface area contributed by atoms with Gasteiger partial charge in [0.05, 0.1) is 6.42 Å². The van der Waals surface area contributed by atoms with E-state index in [1.807, 2.05) is 55.6 Å². The lowest BCUT2D eigenvalue weighted by molar-refractivity contribution is -0.120. The summed E-state index contributed by atoms with van der Waals surface area (Å²) in [4.78, 5) is 19.7. The van der Waals surface area contributed by atoms with E-state index in [2.05, 4.69) is 15.3 Å². The summed E-state index contributed by atoms with van der Waals surface area (Å²) >= 11 is 0. The van der Waals surface area contributed by atoms with E-state index < -0.39 is 0 Å². The zero-order valence-corrected chi connectivity index (χ0v) is 14.0. The van der Waals surface area contributed by atoms with Crippen LogP contribution >= 0.6 is 0 Å². The number of rotatable bonds is 5. The van der Waals surface area contributed by atoms with Gasteiger partial charge in [0.25, 0.3) is 0 Å². The average Bonchev–Trinajstić information content (AvgIpc) is 3.17. The van der Waals surface area contributed by atoms with Crippen molar-refractivity contribution < 1.29 is 9.21 Å². The number of oxazole rings is 1. The van der Waals surface area contributed by atoms with Gasteiger partial charge in [-0.2, -0.15) is 0 Å². The molecule has 1 amide bonds. The Bertz CT molecular complexity index is 1050. The summed E-state index contributed by atoms with van der Waals surface area (Å²) in [5, 5.41) is 4.09. The normalized spacial score (nSPS) is 11.2. The summed E-state index contributed by atoms with van der Waals surface area (Å²) < 4.78 is 5.48. The zero-order chi connectivity index (χ0) is 17.2. The third-order valence-corrected chi connectivity index (χ3v) is 4.32. The van der Waals surface area contributed by atoms with Gasteiger partial charge < -0.3 is 14.7 Å². The molecule has 2 aromatic heterocycles. The van der Waals surface area contributed by atoms with Crippen LogP contribution in [0.5, 0.6) is 0 Å². The number of hydrogen-bond donors (Lipinski definition) is 2. The molecule has 0 atom stereocenters. The molecule has 5 nitrogen and oxygen atoms in total. The number of benzene rings is 2. The number of para-hydroxylation sites is 1. The molecule has 2 N–H and O–H groups in total. The van der Waals surface area contributed by atoms with Gasteiger partial charge in [-0.25, -0.2) is 4.98 Å². The molecule has 25 heavy (non-hydrogen) atoms. The molecule has 0 aliphatic carbocycles. The van der Waals surface area contributed by atoms with E-state index in [4.69, 9.17) is 4.42 Å². The number of amides is 1. The molecule has 126 valence electrons. The van der Waals surface area contributed by atoms with Gasteiger partial charge in [-0.3, -0.25) is 4.79 Å². The quantitative estimate of drug-likeness (QED) is 0.587. The number of nitrogens with zero attached hydrogens (tertiary/aromatic N) is 1. The standard InChI is InChI=1S/C20H19N3O2/c1-13-23-18-10-14(6-7-19(18)25-13)8-9-21-20(24)11-15-12-22-17-5-3-2-4-16(15)17/h2-7,10,12,22H,8-9,11H2,1H3,(H,21,24). The van der Waals surface area contributed by atoms with Gasteiger partial charge in [-0.1, -0.05) is 24.3 Å². The van der Waals surface area contributed by atoms with E-state index >= 15 is 0 Å². The molecule has 2 aromatic carbocycles. The van der Waals surface area contributed by atoms with Crippen LogP contribution in [0.15, 0.2) is 53.1 Å². The van der Waals surface area contributed by atoms with Crippen LogP contribution in [0.1, 0.15) is 17.0 Å². The van der Waals surface area contributed by atoms with Gasteiger partial charge >= 0.3 is 0 Å². The van der Waals surface area contributed by atoms with E-state index in [1.54, 1.807) is 0 Å². The fraction of sp³-hybridized carbons (Fsp3) is 0.200. The topological polar surface area (TPSA) is 70.9 Å². The van der Waals surface area contributed by atoms with Crippen molar-refractivity contribution in [3.05, 3.63) is 65.7 Å². The summed E-state index contributed by atoms with van der Waals surface area (Å²) in [6.07, 6.45) is 3.05. The van der Waals surface area contributed by atoms with E-state index in [-0.39, 0.29) is 5.91 Å². The Labute approximate surface area is 145 Å². The number of carbonyl (C=O) groups is 1. The number of fused-ring (bicyclic) bond motifs is 2. The molecule has 4 aromatic rings. The van der Waals surface area contributed by atoms with Gasteiger partial charge in [-0.15, -0.1) is 0 Å². The Hall–Kier alpha value is -3.08. The Balaban J connectivity index is 1.35. The summed E-state index contributed by atoms with van der Waals surface area (Å²) in [6.45, 7) is 2.44. The highest BCUT2D eigenvalue weighted by atomic mass is 16.3. The molecule has 0 radical (unpaired) electrons. The predicted octanol–water partition coefficient (Wildman–Crippen LogP) is 3.52. The molecular weight excluding hydrogens is 314 g/mol. The van der Waals surface area contributed by atoms with Crippen LogP contribution in [0, 0.1) is 6.92 Å². The lowest BCUT2D eigenvalue weighted by atomic mass is 10.1. The molecule has 0 bridgehead atoms. The third kappa shape index (κ3) is 3.26. The third-order valence-electron chi connectivity index (χ3n) is 4.32. The second-order valence-electron chi connectivity index (χ2n) is 6.17. The van der Waals surface area contributed by atoms with Crippen molar-refractivity contribution in [3.63, 3.8) is 0 Å². The average molecular weight is 333 g/mol. The molecule has 0 fully saturated rings. The molecule has 4 rings (SSSR count). The van der Waals surface area contributed by atoms with E-state index in [1.165, 1.54) is 0 Å². The lowest BCUT2D eigenvalue weighted by Crippen LogP contribution is -2.27. The van der Waals surface area contributed by atoms with Gasteiger partial charge in [-0.05, 0) is 35.7 Å². The molecule has 0 aliphatic heterocycles. The molecule has 0 unspecified atom stereocenters. The number of carbonyl (C=O) groups excluding carboxylic acids is 1. The molecule has 0 spiro atoms. The fourth-order valence-corrected chi connectivity index (χ4v) is 3.10. The largest absolute Gasteiger partial charge is 0.441 e. The number of aromatic nitrogens is 2. The Morgan fingerprint density at radius 2 is 2.12 bits per heavy atom. The Kier molecular flexibility index (Phi) is 3.98. The van der Waals surface area contributed by atoms with Gasteiger partial charge in [0.15, 0.2) is 11.5 Å². The monoisotopic (exact) mass is 333 g/mol. The summed E-state index contributed by atoms with van der Waals surface area (Å²) in [6, 6.07) is 14.0. The van der Waals surface area contributed by atoms with Crippen LogP contribution in [-0.4, -0.2) is 22.4 Å². The molecule has 2 heterocycles. The SMILES string of the molecule is Cc1nc2cc(CCNC(=O)Cc3c[nH]c4ccccc34)ccc2o1. The van der Waals surface area contributed by atoms with Crippen molar-refractivity contribution in [2.24, 2.45) is 0 Å². The Morgan fingerprint density at radius 1 is 1.24 bits per heavy atom. The highest BCUT2D eigenvalue weighted by Gasteiger charge is 2.08. The maximum atomic E-state index is 12.2. The van der Waals surface area contributed by atoms with Gasteiger partial charge in [0.1, 0.15) is 5.52 Å².